The molecular weight excluding hydrogens is 120 g/mol. The number of rotatable bonds is 4. The molecule has 1 unspecified atom stereocenters. The molecule has 0 heterocycles. The van der Waals surface area contributed by atoms with Crippen LogP contribution in [0.15, 0.2) is 12.7 Å². The lowest BCUT2D eigenvalue weighted by Crippen LogP contribution is -2.01. The highest BCUT2D eigenvalue weighted by atomic mass is 32.2. The van der Waals surface area contributed by atoms with Gasteiger partial charge in [0.1, 0.15) is 0 Å². The second kappa shape index (κ2) is 5.19. The number of aliphatic hydroxyl groups is 1. The van der Waals surface area contributed by atoms with Crippen molar-refractivity contribution in [2.24, 2.45) is 0 Å². The molecule has 0 aliphatic carbocycles. The Morgan fingerprint density at radius 3 is 2.88 bits per heavy atom. The smallest absolute Gasteiger partial charge is 0.0547 e. The molecule has 2 heteroatoms. The summed E-state index contributed by atoms with van der Waals surface area (Å²) in [5.41, 5.74) is 0. The van der Waals surface area contributed by atoms with Crippen molar-refractivity contribution in [2.45, 2.75) is 12.2 Å². The molecule has 1 atom stereocenters. The highest BCUT2D eigenvalue weighted by Gasteiger charge is 1.95. The summed E-state index contributed by atoms with van der Waals surface area (Å²) in [6, 6.07) is 0. The summed E-state index contributed by atoms with van der Waals surface area (Å²) < 4.78 is 0. The van der Waals surface area contributed by atoms with Crippen molar-refractivity contribution >= 4 is 11.8 Å². The van der Waals surface area contributed by atoms with Gasteiger partial charge in [0, 0.05) is 11.0 Å². The van der Waals surface area contributed by atoms with E-state index in [0.717, 1.165) is 5.75 Å². The summed E-state index contributed by atoms with van der Waals surface area (Å²) in [4.78, 5) is 0. The number of aliphatic hydroxyl groups excluding tert-OH is 1. The SMILES string of the molecule is C=CCSC(C)CO. The first-order valence-corrected chi connectivity index (χ1v) is 3.69. The summed E-state index contributed by atoms with van der Waals surface area (Å²) in [6.45, 7) is 5.82. The first-order valence-electron chi connectivity index (χ1n) is 2.64. The molecule has 0 rings (SSSR count). The highest BCUT2D eigenvalue weighted by molar-refractivity contribution is 8.00. The molecule has 1 N–H and O–H groups in total. The minimum Gasteiger partial charge on any atom is -0.395 e. The van der Waals surface area contributed by atoms with Gasteiger partial charge in [-0.3, -0.25) is 0 Å². The largest absolute Gasteiger partial charge is 0.395 e. The molecule has 0 aromatic heterocycles. The van der Waals surface area contributed by atoms with Crippen LogP contribution >= 0.6 is 11.8 Å². The van der Waals surface area contributed by atoms with Crippen molar-refractivity contribution in [3.63, 3.8) is 0 Å². The van der Waals surface area contributed by atoms with Crippen LogP contribution in [-0.2, 0) is 0 Å². The second-order valence-electron chi connectivity index (χ2n) is 1.62. The molecule has 0 bridgehead atoms. The van der Waals surface area contributed by atoms with Crippen LogP contribution in [0.25, 0.3) is 0 Å². The first-order chi connectivity index (χ1) is 3.81. The molecule has 48 valence electrons. The molecule has 8 heavy (non-hydrogen) atoms. The van der Waals surface area contributed by atoms with Crippen LogP contribution in [0.1, 0.15) is 6.92 Å². The van der Waals surface area contributed by atoms with Gasteiger partial charge in [-0.15, -0.1) is 6.58 Å². The Bertz CT molecular complexity index is 63.5. The third-order valence-electron chi connectivity index (χ3n) is 0.756. The fourth-order valence-electron chi connectivity index (χ4n) is 0.285. The van der Waals surface area contributed by atoms with Crippen molar-refractivity contribution in [1.82, 2.24) is 0 Å². The zero-order chi connectivity index (χ0) is 6.41. The monoisotopic (exact) mass is 132 g/mol. The zero-order valence-electron chi connectivity index (χ0n) is 5.13. The summed E-state index contributed by atoms with van der Waals surface area (Å²) in [5, 5.41) is 8.86. The molecule has 0 aromatic carbocycles. The Balaban J connectivity index is 2.97. The fourth-order valence-corrected chi connectivity index (χ4v) is 0.855. The Morgan fingerprint density at radius 2 is 2.50 bits per heavy atom. The van der Waals surface area contributed by atoms with Gasteiger partial charge in [0.2, 0.25) is 0 Å². The molecule has 0 saturated heterocycles. The number of thioether (sulfide) groups is 1. The summed E-state index contributed by atoms with van der Waals surface area (Å²) in [7, 11) is 0. The maximum atomic E-state index is 8.51. The third kappa shape index (κ3) is 4.22. The molecule has 0 saturated carbocycles. The molecule has 0 spiro atoms. The summed E-state index contributed by atoms with van der Waals surface area (Å²) in [5.74, 6) is 0.932. The van der Waals surface area contributed by atoms with Crippen molar-refractivity contribution in [3.8, 4) is 0 Å². The Labute approximate surface area is 54.8 Å². The topological polar surface area (TPSA) is 20.2 Å². The van der Waals surface area contributed by atoms with Gasteiger partial charge in [0.25, 0.3) is 0 Å². The van der Waals surface area contributed by atoms with E-state index in [4.69, 9.17) is 5.11 Å². The Hall–Kier alpha value is 0.0500. The van der Waals surface area contributed by atoms with E-state index in [-0.39, 0.29) is 6.61 Å². The zero-order valence-corrected chi connectivity index (χ0v) is 5.95. The molecule has 0 aromatic rings. The Morgan fingerprint density at radius 1 is 1.88 bits per heavy atom. The van der Waals surface area contributed by atoms with Gasteiger partial charge in [0.15, 0.2) is 0 Å². The molecular formula is C6H12OS. The molecule has 0 aliphatic rings. The maximum absolute atomic E-state index is 8.51. The van der Waals surface area contributed by atoms with E-state index in [2.05, 4.69) is 6.58 Å². The van der Waals surface area contributed by atoms with Gasteiger partial charge in [-0.25, -0.2) is 0 Å². The molecule has 0 amide bonds. The van der Waals surface area contributed by atoms with E-state index in [9.17, 15) is 0 Å². The molecule has 0 aliphatic heterocycles. The van der Waals surface area contributed by atoms with Gasteiger partial charge < -0.3 is 5.11 Å². The average molecular weight is 132 g/mol. The van der Waals surface area contributed by atoms with Crippen LogP contribution in [0.2, 0.25) is 0 Å². The highest BCUT2D eigenvalue weighted by Crippen LogP contribution is 2.07. The van der Waals surface area contributed by atoms with Crippen LogP contribution in [0, 0.1) is 0 Å². The third-order valence-corrected chi connectivity index (χ3v) is 1.90. The first kappa shape index (κ1) is 8.05. The van der Waals surface area contributed by atoms with E-state index in [0.29, 0.717) is 5.25 Å². The van der Waals surface area contributed by atoms with Crippen molar-refractivity contribution in [1.29, 1.82) is 0 Å². The van der Waals surface area contributed by atoms with Gasteiger partial charge in [-0.05, 0) is 0 Å². The molecule has 0 fully saturated rings. The van der Waals surface area contributed by atoms with Gasteiger partial charge >= 0.3 is 0 Å². The van der Waals surface area contributed by atoms with E-state index in [1.54, 1.807) is 11.8 Å². The fraction of sp³-hybridized carbons (Fsp3) is 0.667. The minimum atomic E-state index is 0.262. The second-order valence-corrected chi connectivity index (χ2v) is 3.09. The van der Waals surface area contributed by atoms with Crippen LogP contribution < -0.4 is 0 Å². The van der Waals surface area contributed by atoms with Gasteiger partial charge in [0.05, 0.1) is 6.61 Å². The van der Waals surface area contributed by atoms with E-state index >= 15 is 0 Å². The Kier molecular flexibility index (Phi) is 5.22. The standard InChI is InChI=1S/C6H12OS/c1-3-4-8-6(2)5-7/h3,6-7H,1,4-5H2,2H3. The lowest BCUT2D eigenvalue weighted by atomic mass is 10.5. The van der Waals surface area contributed by atoms with Crippen LogP contribution in [0.5, 0.6) is 0 Å². The number of hydrogen-bond donors (Lipinski definition) is 1. The minimum absolute atomic E-state index is 0.262. The van der Waals surface area contributed by atoms with E-state index in [1.165, 1.54) is 0 Å². The van der Waals surface area contributed by atoms with Crippen LogP contribution in [-0.4, -0.2) is 22.7 Å². The van der Waals surface area contributed by atoms with Crippen molar-refractivity contribution in [2.75, 3.05) is 12.4 Å². The quantitative estimate of drug-likeness (QED) is 0.582. The lowest BCUT2D eigenvalue weighted by molar-refractivity contribution is 0.300. The lowest BCUT2D eigenvalue weighted by Gasteiger charge is -2.02. The molecule has 1 nitrogen and oxygen atoms in total. The molecule has 0 radical (unpaired) electrons. The van der Waals surface area contributed by atoms with E-state index < -0.39 is 0 Å². The van der Waals surface area contributed by atoms with Crippen LogP contribution in [0.4, 0.5) is 0 Å². The predicted octanol–water partition coefficient (Wildman–Crippen LogP) is 1.29. The summed E-state index contributed by atoms with van der Waals surface area (Å²) >= 11 is 1.71. The number of hydrogen-bond acceptors (Lipinski definition) is 2. The normalized spacial score (nSPS) is 13.2. The van der Waals surface area contributed by atoms with Gasteiger partial charge in [-0.2, -0.15) is 11.8 Å². The predicted molar refractivity (Wildman–Crippen MR) is 39.2 cm³/mol. The van der Waals surface area contributed by atoms with Crippen molar-refractivity contribution in [3.05, 3.63) is 12.7 Å². The van der Waals surface area contributed by atoms with Crippen LogP contribution in [0.3, 0.4) is 0 Å². The van der Waals surface area contributed by atoms with E-state index in [1.807, 2.05) is 13.0 Å². The average Bonchev–Trinajstić information content (AvgIpc) is 1.83. The van der Waals surface area contributed by atoms with Gasteiger partial charge in [-0.1, -0.05) is 13.0 Å². The maximum Gasteiger partial charge on any atom is 0.0547 e. The summed E-state index contributed by atoms with van der Waals surface area (Å²) in [6.07, 6.45) is 1.84. The van der Waals surface area contributed by atoms with Crippen molar-refractivity contribution < 1.29 is 5.11 Å².